The molecular weight excluding hydrogens is 415 g/mol. The van der Waals surface area contributed by atoms with Crippen molar-refractivity contribution in [2.24, 2.45) is 0 Å². The second kappa shape index (κ2) is 9.22. The van der Waals surface area contributed by atoms with Crippen molar-refractivity contribution >= 4 is 21.8 Å². The molecule has 0 radical (unpaired) electrons. The van der Waals surface area contributed by atoms with Gasteiger partial charge >= 0.3 is 12.1 Å². The number of pyridine rings is 1. The van der Waals surface area contributed by atoms with Gasteiger partial charge in [-0.2, -0.15) is 17.5 Å². The van der Waals surface area contributed by atoms with Crippen molar-refractivity contribution in [3.05, 3.63) is 42.1 Å². The molecule has 0 bridgehead atoms. The zero-order chi connectivity index (χ0) is 21.7. The molecule has 0 fully saturated rings. The lowest BCUT2D eigenvalue weighted by atomic mass is 10.4. The molecule has 3 heterocycles. The Morgan fingerprint density at radius 1 is 1.24 bits per heavy atom. The highest BCUT2D eigenvalue weighted by atomic mass is 32.2. The lowest BCUT2D eigenvalue weighted by Gasteiger charge is -2.16. The predicted octanol–water partition coefficient (Wildman–Crippen LogP) is 1.34. The van der Waals surface area contributed by atoms with Gasteiger partial charge in [-0.15, -0.1) is 0 Å². The maximum atomic E-state index is 11.7. The number of aliphatic carboxylic acids is 1. The van der Waals surface area contributed by atoms with Crippen LogP contribution in [0.2, 0.25) is 0 Å². The number of aromatic nitrogens is 3. The summed E-state index contributed by atoms with van der Waals surface area (Å²) in [4.78, 5) is 17.5. The third kappa shape index (κ3) is 6.71. The number of hydrogen-bond donors (Lipinski definition) is 2. The first-order chi connectivity index (χ1) is 13.5. The minimum Gasteiger partial charge on any atom is -0.475 e. The number of nitrogens with one attached hydrogen (secondary N) is 1. The summed E-state index contributed by atoms with van der Waals surface area (Å²) in [7, 11) is -3.15. The first-order valence-electron chi connectivity index (χ1n) is 8.42. The molecule has 0 unspecified atom stereocenters. The highest BCUT2D eigenvalue weighted by Gasteiger charge is 2.38. The third-order valence-electron chi connectivity index (χ3n) is 4.01. The summed E-state index contributed by atoms with van der Waals surface area (Å²) in [5.74, 6) is -1.01. The van der Waals surface area contributed by atoms with E-state index in [0.717, 1.165) is 17.3 Å². The van der Waals surface area contributed by atoms with Gasteiger partial charge in [-0.3, -0.25) is 0 Å². The van der Waals surface area contributed by atoms with Gasteiger partial charge < -0.3 is 15.0 Å². The van der Waals surface area contributed by atoms with Crippen LogP contribution in [0.15, 0.2) is 30.6 Å². The molecule has 2 aromatic rings. The van der Waals surface area contributed by atoms with E-state index in [1.165, 1.54) is 10.6 Å². The first-order valence-corrected chi connectivity index (χ1v) is 10.3. The molecule has 160 valence electrons. The summed E-state index contributed by atoms with van der Waals surface area (Å²) in [5.41, 5.74) is 1.04. The van der Waals surface area contributed by atoms with Gasteiger partial charge in [0.25, 0.3) is 0 Å². The normalized spacial score (nSPS) is 14.9. The molecule has 0 spiro atoms. The summed E-state index contributed by atoms with van der Waals surface area (Å²) in [6.07, 6.45) is 0.395. The van der Waals surface area contributed by atoms with E-state index in [0.29, 0.717) is 32.6 Å². The fourth-order valence-corrected chi connectivity index (χ4v) is 3.43. The maximum Gasteiger partial charge on any atom is 0.490 e. The van der Waals surface area contributed by atoms with Crippen molar-refractivity contribution in [2.75, 3.05) is 24.7 Å². The predicted molar refractivity (Wildman–Crippen MR) is 97.6 cm³/mol. The number of halogens is 3. The van der Waals surface area contributed by atoms with E-state index in [4.69, 9.17) is 9.90 Å². The van der Waals surface area contributed by atoms with Crippen LogP contribution in [0.25, 0.3) is 0 Å². The molecule has 0 saturated heterocycles. The van der Waals surface area contributed by atoms with Gasteiger partial charge in [-0.05, 0) is 12.1 Å². The standard InChI is InChI=1S/C14H19N5O2S.C2HF3O2/c1-22(20,21)18-7-5-14-17-11-12(19(14)9-8-18)10-16-13-4-2-3-6-15-13;3-2(4,5)1(6)7/h2-4,6,11H,5,7-10H2,1H3,(H,15,16);(H,6,7). The molecule has 13 heteroatoms. The highest BCUT2D eigenvalue weighted by Crippen LogP contribution is 2.15. The van der Waals surface area contributed by atoms with Crippen LogP contribution in [0.4, 0.5) is 19.0 Å². The number of carbonyl (C=O) groups is 1. The van der Waals surface area contributed by atoms with Crippen molar-refractivity contribution in [2.45, 2.75) is 25.7 Å². The Labute approximate surface area is 165 Å². The van der Waals surface area contributed by atoms with Gasteiger partial charge in [0.05, 0.1) is 24.7 Å². The van der Waals surface area contributed by atoms with E-state index < -0.39 is 22.2 Å². The lowest BCUT2D eigenvalue weighted by molar-refractivity contribution is -0.192. The van der Waals surface area contributed by atoms with E-state index in [-0.39, 0.29) is 0 Å². The van der Waals surface area contributed by atoms with E-state index in [2.05, 4.69) is 19.9 Å². The smallest absolute Gasteiger partial charge is 0.475 e. The number of carboxylic acids is 1. The molecule has 9 nitrogen and oxygen atoms in total. The van der Waals surface area contributed by atoms with Crippen molar-refractivity contribution < 1.29 is 31.5 Å². The number of carboxylic acid groups (broad SMARTS) is 1. The van der Waals surface area contributed by atoms with Crippen LogP contribution in [0.5, 0.6) is 0 Å². The topological polar surface area (TPSA) is 117 Å². The number of hydrogen-bond acceptors (Lipinski definition) is 6. The molecule has 1 aliphatic heterocycles. The zero-order valence-corrected chi connectivity index (χ0v) is 16.2. The molecule has 0 aromatic carbocycles. The summed E-state index contributed by atoms with van der Waals surface area (Å²) >= 11 is 0. The molecule has 1 aliphatic rings. The van der Waals surface area contributed by atoms with Gasteiger partial charge in [0, 0.05) is 32.3 Å². The SMILES string of the molecule is CS(=O)(=O)N1CCc2ncc(CNc3ccccn3)n2CC1.O=C(O)C(F)(F)F. The Hall–Kier alpha value is -2.67. The molecule has 0 saturated carbocycles. The average Bonchev–Trinajstić information content (AvgIpc) is 2.88. The summed E-state index contributed by atoms with van der Waals surface area (Å²) in [6, 6.07) is 5.71. The molecule has 3 rings (SSSR count). The van der Waals surface area contributed by atoms with Crippen LogP contribution in [0.1, 0.15) is 11.5 Å². The summed E-state index contributed by atoms with van der Waals surface area (Å²) in [6.45, 7) is 2.21. The van der Waals surface area contributed by atoms with Gasteiger partial charge in [0.15, 0.2) is 0 Å². The molecule has 0 amide bonds. The van der Waals surface area contributed by atoms with Crippen LogP contribution in [0.3, 0.4) is 0 Å². The molecule has 2 N–H and O–H groups in total. The Morgan fingerprint density at radius 2 is 1.93 bits per heavy atom. The van der Waals surface area contributed by atoms with Crippen molar-refractivity contribution in [3.8, 4) is 0 Å². The van der Waals surface area contributed by atoms with Gasteiger partial charge in [-0.1, -0.05) is 6.07 Å². The minimum absolute atomic E-state index is 0.485. The number of imidazole rings is 1. The average molecular weight is 435 g/mol. The van der Waals surface area contributed by atoms with Gasteiger partial charge in [0.2, 0.25) is 10.0 Å². The first kappa shape index (κ1) is 22.6. The zero-order valence-electron chi connectivity index (χ0n) is 15.4. The number of fused-ring (bicyclic) bond motifs is 1. The third-order valence-corrected chi connectivity index (χ3v) is 5.31. The highest BCUT2D eigenvalue weighted by molar-refractivity contribution is 7.88. The van der Waals surface area contributed by atoms with Crippen LogP contribution in [-0.4, -0.2) is 63.9 Å². The van der Waals surface area contributed by atoms with Crippen LogP contribution < -0.4 is 5.32 Å². The van der Waals surface area contributed by atoms with E-state index >= 15 is 0 Å². The van der Waals surface area contributed by atoms with E-state index in [9.17, 15) is 21.6 Å². The summed E-state index contributed by atoms with van der Waals surface area (Å²) in [5, 5.41) is 10.4. The Bertz CT molecular complexity index is 932. The van der Waals surface area contributed by atoms with Gasteiger partial charge in [0.1, 0.15) is 11.6 Å². The number of rotatable bonds is 4. The number of anilines is 1. The summed E-state index contributed by atoms with van der Waals surface area (Å²) < 4.78 is 58.7. The van der Waals surface area contributed by atoms with E-state index in [1.807, 2.05) is 24.4 Å². The Balaban J connectivity index is 0.000000370. The second-order valence-electron chi connectivity index (χ2n) is 6.10. The second-order valence-corrected chi connectivity index (χ2v) is 8.08. The van der Waals surface area contributed by atoms with Crippen LogP contribution in [0, 0.1) is 0 Å². The van der Waals surface area contributed by atoms with Crippen molar-refractivity contribution in [1.82, 2.24) is 18.8 Å². The van der Waals surface area contributed by atoms with Crippen LogP contribution in [-0.2, 0) is 34.3 Å². The molecule has 0 aliphatic carbocycles. The maximum absolute atomic E-state index is 11.7. The fraction of sp³-hybridized carbons (Fsp3) is 0.438. The number of alkyl halides is 3. The van der Waals surface area contributed by atoms with Gasteiger partial charge in [-0.25, -0.2) is 23.2 Å². The van der Waals surface area contributed by atoms with Crippen molar-refractivity contribution in [3.63, 3.8) is 0 Å². The Kier molecular flexibility index (Phi) is 7.19. The van der Waals surface area contributed by atoms with E-state index in [1.54, 1.807) is 6.20 Å². The molecule has 29 heavy (non-hydrogen) atoms. The number of nitrogens with zero attached hydrogens (tertiary/aromatic N) is 4. The molecular formula is C16H20F3N5O4S. The monoisotopic (exact) mass is 435 g/mol. The quantitative estimate of drug-likeness (QED) is 0.744. The van der Waals surface area contributed by atoms with Crippen LogP contribution >= 0.6 is 0 Å². The largest absolute Gasteiger partial charge is 0.490 e. The minimum atomic E-state index is -5.08. The van der Waals surface area contributed by atoms with Crippen molar-refractivity contribution in [1.29, 1.82) is 0 Å². The fourth-order valence-electron chi connectivity index (χ4n) is 2.60. The Morgan fingerprint density at radius 3 is 2.48 bits per heavy atom. The molecule has 0 atom stereocenters. The lowest BCUT2D eigenvalue weighted by Crippen LogP contribution is -2.32. The number of sulfonamides is 1. The molecule has 2 aromatic heterocycles.